The summed E-state index contributed by atoms with van der Waals surface area (Å²) in [5, 5.41) is 0. The molecular formula is C9H21HfIO3. The topological polar surface area (TPSA) is 27.7 Å². The van der Waals surface area contributed by atoms with Gasteiger partial charge in [-0.2, -0.15) is 0 Å². The number of halogens is 1. The van der Waals surface area contributed by atoms with Gasteiger partial charge in [0.25, 0.3) is 0 Å². The van der Waals surface area contributed by atoms with Gasteiger partial charge < -0.3 is 0 Å². The molecule has 0 rings (SSSR count). The fourth-order valence-electron chi connectivity index (χ4n) is 0.928. The van der Waals surface area contributed by atoms with Crippen molar-refractivity contribution in [3.05, 3.63) is 0 Å². The molecule has 0 unspecified atom stereocenters. The average Bonchev–Trinajstić information content (AvgIpc) is 1.76. The van der Waals surface area contributed by atoms with Gasteiger partial charge in [0.05, 0.1) is 0 Å². The third-order valence-electron chi connectivity index (χ3n) is 1.13. The van der Waals surface area contributed by atoms with E-state index in [-0.39, 0.29) is 18.3 Å². The van der Waals surface area contributed by atoms with E-state index in [0.717, 1.165) is 0 Å². The van der Waals surface area contributed by atoms with E-state index >= 15 is 0 Å². The number of hydrogen-bond acceptors (Lipinski definition) is 3. The Morgan fingerprint density at radius 2 is 0.929 bits per heavy atom. The van der Waals surface area contributed by atoms with Crippen molar-refractivity contribution in [2.24, 2.45) is 0 Å². The standard InChI is InChI=1S/3C3H7O.Hf.HI/c3*1-3(2)4;;/h3*3H,1-2H3;;1H/q3*-1;+4;/p-1. The van der Waals surface area contributed by atoms with E-state index in [1.165, 1.54) is 0 Å². The van der Waals surface area contributed by atoms with E-state index in [4.69, 9.17) is 8.56 Å². The molecule has 0 radical (unpaired) electrons. The molecule has 3 nitrogen and oxygen atoms in total. The van der Waals surface area contributed by atoms with Crippen LogP contribution in [0.3, 0.4) is 0 Å². The van der Waals surface area contributed by atoms with Crippen molar-refractivity contribution in [3.63, 3.8) is 0 Å². The molecule has 0 N–H and O–H groups in total. The quantitative estimate of drug-likeness (QED) is 0.428. The maximum absolute atomic E-state index is 5.82. The molecule has 0 heterocycles. The van der Waals surface area contributed by atoms with E-state index in [1.807, 2.05) is 41.5 Å². The molecule has 0 aromatic heterocycles. The summed E-state index contributed by atoms with van der Waals surface area (Å²) in [6, 6.07) is 0. The predicted octanol–water partition coefficient (Wildman–Crippen LogP) is 3.51. The van der Waals surface area contributed by atoms with E-state index in [9.17, 15) is 0 Å². The summed E-state index contributed by atoms with van der Waals surface area (Å²) in [4.78, 5) is 0. The van der Waals surface area contributed by atoms with E-state index < -0.39 is 17.1 Å². The molecule has 0 aromatic rings. The molecule has 14 heavy (non-hydrogen) atoms. The number of rotatable bonds is 6. The second-order valence-electron chi connectivity index (χ2n) is 3.98. The maximum atomic E-state index is 5.82. The molecule has 0 bridgehead atoms. The van der Waals surface area contributed by atoms with Crippen LogP contribution in [0.15, 0.2) is 0 Å². The minimum atomic E-state index is -3.37. The second kappa shape index (κ2) is 6.93. The summed E-state index contributed by atoms with van der Waals surface area (Å²) < 4.78 is 17.5. The summed E-state index contributed by atoms with van der Waals surface area (Å²) in [6.07, 6.45) is 0.517. The normalized spacial score (nSPS) is 13.3. The Labute approximate surface area is 103 Å². The molecule has 0 aromatic carbocycles. The van der Waals surface area contributed by atoms with E-state index in [2.05, 4.69) is 18.1 Å². The van der Waals surface area contributed by atoms with Crippen molar-refractivity contribution in [1.29, 1.82) is 0 Å². The summed E-state index contributed by atoms with van der Waals surface area (Å²) >= 11 is -1.10. The zero-order valence-corrected chi connectivity index (χ0v) is 15.6. The van der Waals surface area contributed by atoms with Crippen molar-refractivity contribution in [3.8, 4) is 0 Å². The molecule has 5 heteroatoms. The van der Waals surface area contributed by atoms with Gasteiger partial charge in [0.15, 0.2) is 0 Å². The zero-order chi connectivity index (χ0) is 11.4. The van der Waals surface area contributed by atoms with Crippen molar-refractivity contribution < 1.29 is 25.7 Å². The molecule has 0 spiro atoms. The van der Waals surface area contributed by atoms with Gasteiger partial charge in [-0.1, -0.05) is 0 Å². The van der Waals surface area contributed by atoms with Gasteiger partial charge in [-0.25, -0.2) is 0 Å². The summed E-state index contributed by atoms with van der Waals surface area (Å²) in [5.41, 5.74) is 0. The van der Waals surface area contributed by atoms with Crippen molar-refractivity contribution in [1.82, 2.24) is 0 Å². The molecule has 0 saturated heterocycles. The van der Waals surface area contributed by atoms with Crippen LogP contribution in [0.1, 0.15) is 41.5 Å². The monoisotopic (exact) mass is 484 g/mol. The fourth-order valence-corrected chi connectivity index (χ4v) is 20.1. The van der Waals surface area contributed by atoms with Gasteiger partial charge >= 0.3 is 104 Å². The third kappa shape index (κ3) is 7.73. The second-order valence-corrected chi connectivity index (χ2v) is 20.8. The van der Waals surface area contributed by atoms with E-state index in [0.29, 0.717) is 0 Å². The van der Waals surface area contributed by atoms with Crippen LogP contribution in [-0.2, 0) is 25.7 Å². The first-order valence-corrected chi connectivity index (χ1v) is 19.6. The number of hydrogen-bond donors (Lipinski definition) is 0. The van der Waals surface area contributed by atoms with Crippen LogP contribution in [0.4, 0.5) is 0 Å². The van der Waals surface area contributed by atoms with Crippen LogP contribution in [-0.4, -0.2) is 18.3 Å². The van der Waals surface area contributed by atoms with Crippen molar-refractivity contribution in [2.75, 3.05) is 0 Å². The van der Waals surface area contributed by atoms with Gasteiger partial charge in [-0.15, -0.1) is 0 Å². The van der Waals surface area contributed by atoms with Crippen molar-refractivity contribution >= 4 is 18.1 Å². The van der Waals surface area contributed by atoms with Crippen LogP contribution in [0.2, 0.25) is 0 Å². The van der Waals surface area contributed by atoms with Crippen LogP contribution in [0.5, 0.6) is 0 Å². The van der Waals surface area contributed by atoms with Gasteiger partial charge in [-0.3, -0.25) is 0 Å². The Hall–Kier alpha value is 1.48. The molecule has 0 aliphatic heterocycles. The molecule has 0 fully saturated rings. The van der Waals surface area contributed by atoms with Gasteiger partial charge in [0.1, 0.15) is 0 Å². The molecule has 86 valence electrons. The minimum absolute atomic E-state index is 0.172. The van der Waals surface area contributed by atoms with Crippen LogP contribution < -0.4 is 0 Å². The van der Waals surface area contributed by atoms with Crippen LogP contribution in [0, 0.1) is 0 Å². The van der Waals surface area contributed by atoms with Crippen LogP contribution >= 0.6 is 18.1 Å². The summed E-state index contributed by atoms with van der Waals surface area (Å²) in [5.74, 6) is 0. The molecule has 0 aliphatic carbocycles. The van der Waals surface area contributed by atoms with E-state index in [1.54, 1.807) is 0 Å². The first-order chi connectivity index (χ1) is 6.25. The Bertz CT molecular complexity index is 136. The Morgan fingerprint density at radius 3 is 1.07 bits per heavy atom. The Kier molecular flexibility index (Phi) is 7.67. The first-order valence-electron chi connectivity index (χ1n) is 4.97. The van der Waals surface area contributed by atoms with Gasteiger partial charge in [-0.05, 0) is 0 Å². The Balaban J connectivity index is 4.32. The average molecular weight is 483 g/mol. The van der Waals surface area contributed by atoms with Crippen LogP contribution in [0.25, 0.3) is 0 Å². The molecule has 0 aliphatic rings. The molecule has 0 atom stereocenters. The Morgan fingerprint density at radius 1 is 0.714 bits per heavy atom. The molecule has 0 saturated carbocycles. The van der Waals surface area contributed by atoms with Gasteiger partial charge in [0.2, 0.25) is 0 Å². The third-order valence-corrected chi connectivity index (χ3v) is 15.5. The first kappa shape index (κ1) is 15.5. The van der Waals surface area contributed by atoms with Crippen molar-refractivity contribution in [2.45, 2.75) is 59.9 Å². The predicted molar refractivity (Wildman–Crippen MR) is 62.7 cm³/mol. The van der Waals surface area contributed by atoms with Gasteiger partial charge in [0, 0.05) is 0 Å². The molecule has 0 amide bonds. The fraction of sp³-hybridized carbons (Fsp3) is 1.00. The zero-order valence-electron chi connectivity index (χ0n) is 9.83. The molecular weight excluding hydrogens is 461 g/mol. The summed E-state index contributed by atoms with van der Waals surface area (Å²) in [6.45, 7) is 12.1. The SMILES string of the molecule is CC(C)[O][Hf]([I])([O]C(C)C)[O]C(C)C. The summed E-state index contributed by atoms with van der Waals surface area (Å²) in [7, 11) is 0.